The first kappa shape index (κ1) is 26.5. The molecule has 0 radical (unpaired) electrons. The number of amides is 1. The van der Waals surface area contributed by atoms with Crippen LogP contribution in [0.3, 0.4) is 0 Å². The summed E-state index contributed by atoms with van der Waals surface area (Å²) in [5, 5.41) is 13.4. The molecule has 35 heavy (non-hydrogen) atoms. The van der Waals surface area contributed by atoms with Crippen molar-refractivity contribution in [2.45, 2.75) is 39.3 Å². The first-order chi connectivity index (χ1) is 16.5. The molecule has 184 valence electrons. The van der Waals surface area contributed by atoms with E-state index in [2.05, 4.69) is 12.2 Å². The monoisotopic (exact) mass is 516 g/mol. The number of carboxylic acids is 1. The number of anilines is 1. The molecule has 0 heterocycles. The number of hydrogen-bond donors (Lipinski definition) is 2. The maximum atomic E-state index is 14.8. The molecule has 1 amide bonds. The van der Waals surface area contributed by atoms with Gasteiger partial charge in [-0.05, 0) is 73.4 Å². The molecule has 8 heteroatoms. The zero-order valence-corrected chi connectivity index (χ0v) is 21.4. The number of nitrogens with one attached hydrogen (secondary N) is 1. The van der Waals surface area contributed by atoms with Gasteiger partial charge in [0.1, 0.15) is 11.9 Å². The van der Waals surface area contributed by atoms with Crippen LogP contribution in [0.4, 0.5) is 10.1 Å². The standard InChI is InChI=1S/C27H27Cl2FN2O3/c1-5-25(18-7-10-22(28)15(2)12-18)31-19-8-11-24(30)21(14-19)17-6-9-20(23(29)13-17)26(33)32(4)16(3)27(34)35/h6-14,16,25,31H,5H2,1-4H3,(H,34,35)/t16-,25?/m0/s1. The van der Waals surface area contributed by atoms with Gasteiger partial charge in [-0.15, -0.1) is 0 Å². The smallest absolute Gasteiger partial charge is 0.326 e. The molecule has 0 spiro atoms. The highest BCUT2D eigenvalue weighted by atomic mass is 35.5. The van der Waals surface area contributed by atoms with Crippen LogP contribution in [-0.2, 0) is 4.79 Å². The third-order valence-corrected chi connectivity index (χ3v) is 6.81. The maximum Gasteiger partial charge on any atom is 0.326 e. The zero-order valence-electron chi connectivity index (χ0n) is 19.9. The van der Waals surface area contributed by atoms with Crippen LogP contribution < -0.4 is 5.32 Å². The van der Waals surface area contributed by atoms with Crippen molar-refractivity contribution in [1.29, 1.82) is 0 Å². The zero-order chi connectivity index (χ0) is 25.9. The summed E-state index contributed by atoms with van der Waals surface area (Å²) in [7, 11) is 1.40. The Morgan fingerprint density at radius 2 is 1.77 bits per heavy atom. The van der Waals surface area contributed by atoms with Crippen LogP contribution in [0.15, 0.2) is 54.6 Å². The van der Waals surface area contributed by atoms with Gasteiger partial charge in [-0.3, -0.25) is 4.79 Å². The molecule has 2 atom stereocenters. The quantitative estimate of drug-likeness (QED) is 0.331. The molecule has 3 rings (SSSR count). The van der Waals surface area contributed by atoms with E-state index in [9.17, 15) is 14.0 Å². The van der Waals surface area contributed by atoms with E-state index in [0.29, 0.717) is 16.1 Å². The number of rotatable bonds is 8. The lowest BCUT2D eigenvalue weighted by molar-refractivity contribution is -0.141. The van der Waals surface area contributed by atoms with E-state index < -0.39 is 23.7 Å². The van der Waals surface area contributed by atoms with Crippen molar-refractivity contribution in [1.82, 2.24) is 4.90 Å². The van der Waals surface area contributed by atoms with Gasteiger partial charge in [-0.25, -0.2) is 9.18 Å². The largest absolute Gasteiger partial charge is 0.480 e. The Morgan fingerprint density at radius 1 is 1.06 bits per heavy atom. The van der Waals surface area contributed by atoms with E-state index in [1.807, 2.05) is 25.1 Å². The van der Waals surface area contributed by atoms with Crippen LogP contribution in [0, 0.1) is 12.7 Å². The topological polar surface area (TPSA) is 69.6 Å². The molecule has 2 N–H and O–H groups in total. The molecule has 0 bridgehead atoms. The van der Waals surface area contributed by atoms with E-state index in [-0.39, 0.29) is 16.6 Å². The second kappa shape index (κ2) is 11.1. The Morgan fingerprint density at radius 3 is 2.37 bits per heavy atom. The minimum absolute atomic E-state index is 0.000347. The third kappa shape index (κ3) is 5.95. The molecule has 0 aliphatic heterocycles. The first-order valence-electron chi connectivity index (χ1n) is 11.2. The number of benzene rings is 3. The fourth-order valence-corrected chi connectivity index (χ4v) is 4.11. The Kier molecular flexibility index (Phi) is 8.41. The van der Waals surface area contributed by atoms with Crippen LogP contribution in [0.5, 0.6) is 0 Å². The normalized spacial score (nSPS) is 12.7. The van der Waals surface area contributed by atoms with Crippen molar-refractivity contribution in [2.75, 3.05) is 12.4 Å². The van der Waals surface area contributed by atoms with Crippen molar-refractivity contribution in [3.05, 3.63) is 87.2 Å². The minimum Gasteiger partial charge on any atom is -0.480 e. The second-order valence-electron chi connectivity index (χ2n) is 8.43. The summed E-state index contributed by atoms with van der Waals surface area (Å²) in [6, 6.07) is 14.2. The van der Waals surface area contributed by atoms with E-state index in [0.717, 1.165) is 28.1 Å². The van der Waals surface area contributed by atoms with Gasteiger partial charge in [0, 0.05) is 23.3 Å². The second-order valence-corrected chi connectivity index (χ2v) is 9.25. The Hall–Kier alpha value is -3.09. The van der Waals surface area contributed by atoms with Crippen LogP contribution >= 0.6 is 23.2 Å². The molecule has 0 fully saturated rings. The maximum absolute atomic E-state index is 14.8. The molecule has 0 aromatic heterocycles. The average Bonchev–Trinajstić information content (AvgIpc) is 2.83. The lowest BCUT2D eigenvalue weighted by Gasteiger charge is -2.22. The van der Waals surface area contributed by atoms with Gasteiger partial charge in [0.15, 0.2) is 0 Å². The fraction of sp³-hybridized carbons (Fsp3) is 0.259. The number of aliphatic carboxylic acids is 1. The Balaban J connectivity index is 1.89. The van der Waals surface area contributed by atoms with Gasteiger partial charge in [0.2, 0.25) is 0 Å². The number of halogens is 3. The summed E-state index contributed by atoms with van der Waals surface area (Å²) < 4.78 is 14.8. The number of hydrogen-bond acceptors (Lipinski definition) is 3. The summed E-state index contributed by atoms with van der Waals surface area (Å²) >= 11 is 12.5. The molecule has 0 aliphatic rings. The van der Waals surface area contributed by atoms with Crippen LogP contribution in [-0.4, -0.2) is 35.0 Å². The summed E-state index contributed by atoms with van der Waals surface area (Å²) in [5.41, 5.74) is 3.75. The van der Waals surface area contributed by atoms with E-state index in [4.69, 9.17) is 28.3 Å². The number of aryl methyl sites for hydroxylation is 1. The molecule has 0 saturated heterocycles. The Bertz CT molecular complexity index is 1270. The van der Waals surface area contributed by atoms with Gasteiger partial charge >= 0.3 is 5.97 Å². The number of carbonyl (C=O) groups excluding carboxylic acids is 1. The van der Waals surface area contributed by atoms with Crippen LogP contribution in [0.25, 0.3) is 11.1 Å². The summed E-state index contributed by atoms with van der Waals surface area (Å²) in [6.07, 6.45) is 0.804. The molecular formula is C27H27Cl2FN2O3. The minimum atomic E-state index is -1.13. The average molecular weight is 517 g/mol. The molecule has 3 aromatic rings. The molecule has 0 saturated carbocycles. The van der Waals surface area contributed by atoms with Crippen LogP contribution in [0.2, 0.25) is 10.0 Å². The highest BCUT2D eigenvalue weighted by molar-refractivity contribution is 6.34. The predicted molar refractivity (Wildman–Crippen MR) is 139 cm³/mol. The number of carbonyl (C=O) groups is 2. The van der Waals surface area contributed by atoms with Crippen molar-refractivity contribution in [3.63, 3.8) is 0 Å². The predicted octanol–water partition coefficient (Wildman–Crippen LogP) is 7.22. The highest BCUT2D eigenvalue weighted by Gasteiger charge is 2.24. The molecule has 3 aromatic carbocycles. The van der Waals surface area contributed by atoms with Gasteiger partial charge in [-0.1, -0.05) is 48.3 Å². The van der Waals surface area contributed by atoms with Gasteiger partial charge in [0.05, 0.1) is 16.6 Å². The number of nitrogens with zero attached hydrogens (tertiary/aromatic N) is 1. The van der Waals surface area contributed by atoms with E-state index >= 15 is 0 Å². The van der Waals surface area contributed by atoms with Gasteiger partial charge in [-0.2, -0.15) is 0 Å². The summed E-state index contributed by atoms with van der Waals surface area (Å²) in [4.78, 5) is 25.0. The van der Waals surface area contributed by atoms with Crippen LogP contribution in [0.1, 0.15) is 47.8 Å². The third-order valence-electron chi connectivity index (χ3n) is 6.07. The van der Waals surface area contributed by atoms with E-state index in [1.165, 1.54) is 32.2 Å². The van der Waals surface area contributed by atoms with Gasteiger partial charge < -0.3 is 15.3 Å². The molecule has 0 aliphatic carbocycles. The highest BCUT2D eigenvalue weighted by Crippen LogP contribution is 2.32. The van der Waals surface area contributed by atoms with Gasteiger partial charge in [0.25, 0.3) is 5.91 Å². The number of carboxylic acid groups (broad SMARTS) is 1. The van der Waals surface area contributed by atoms with Crippen molar-refractivity contribution >= 4 is 40.8 Å². The lowest BCUT2D eigenvalue weighted by atomic mass is 10.00. The van der Waals surface area contributed by atoms with E-state index in [1.54, 1.807) is 18.2 Å². The molecule has 1 unspecified atom stereocenters. The van der Waals surface area contributed by atoms with Crippen molar-refractivity contribution in [3.8, 4) is 11.1 Å². The fourth-order valence-electron chi connectivity index (χ4n) is 3.73. The Labute approximate surface area is 214 Å². The van der Waals surface area contributed by atoms with Crippen molar-refractivity contribution in [2.24, 2.45) is 0 Å². The molecule has 5 nitrogen and oxygen atoms in total. The lowest BCUT2D eigenvalue weighted by Crippen LogP contribution is -2.40. The van der Waals surface area contributed by atoms with Crippen molar-refractivity contribution < 1.29 is 19.1 Å². The summed E-state index contributed by atoms with van der Waals surface area (Å²) in [5.74, 6) is -2.09. The molecular weight excluding hydrogens is 490 g/mol. The summed E-state index contributed by atoms with van der Waals surface area (Å²) in [6.45, 7) is 5.42. The number of likely N-dealkylation sites (N-methyl/N-ethyl adjacent to an activating group) is 1. The SMILES string of the molecule is CCC(Nc1ccc(F)c(-c2ccc(C(=O)N(C)[C@@H](C)C(=O)O)c(Cl)c2)c1)c1ccc(Cl)c(C)c1. The first-order valence-corrected chi connectivity index (χ1v) is 11.9.